The van der Waals surface area contributed by atoms with Crippen molar-refractivity contribution < 1.29 is 45.4 Å². The highest BCUT2D eigenvalue weighted by molar-refractivity contribution is 5.75. The number of hydrogen-bond acceptors (Lipinski definition) is 4. The highest BCUT2D eigenvalue weighted by atomic mass is 19.4. The van der Waals surface area contributed by atoms with Crippen LogP contribution in [0.15, 0.2) is 30.3 Å². The molecule has 0 saturated carbocycles. The molecule has 24 heavy (non-hydrogen) atoms. The standard InChI is InChI=1S/C8H10.2C3H3F3O2/c1-2-8-6-4-3-5-7-8;2*1-8-2(7)3(4,5)6/h3-7H,2H2,1H3;2*1H3. The normalized spacial score (nSPS) is 10.4. The molecule has 0 bridgehead atoms. The molecule has 1 aromatic carbocycles. The summed E-state index contributed by atoms with van der Waals surface area (Å²) in [7, 11) is 1.35. The highest BCUT2D eigenvalue weighted by Crippen LogP contribution is 2.15. The smallest absolute Gasteiger partial charge is 0.462 e. The summed E-state index contributed by atoms with van der Waals surface area (Å²) >= 11 is 0. The maximum Gasteiger partial charge on any atom is 0.490 e. The summed E-state index contributed by atoms with van der Waals surface area (Å²) in [6, 6.07) is 10.5. The number of ether oxygens (including phenoxy) is 2. The molecule has 0 aliphatic rings. The Morgan fingerprint density at radius 2 is 1.17 bits per heavy atom. The maximum absolute atomic E-state index is 11.0. The van der Waals surface area contributed by atoms with Gasteiger partial charge in [0.05, 0.1) is 14.2 Å². The second-order valence-electron chi connectivity index (χ2n) is 3.82. The van der Waals surface area contributed by atoms with Crippen LogP contribution < -0.4 is 0 Å². The van der Waals surface area contributed by atoms with Crippen LogP contribution in [0.5, 0.6) is 0 Å². The van der Waals surface area contributed by atoms with Crippen molar-refractivity contribution in [3.63, 3.8) is 0 Å². The fourth-order valence-electron chi connectivity index (χ4n) is 0.945. The fraction of sp³-hybridized carbons (Fsp3) is 0.429. The number of hydrogen-bond donors (Lipinski definition) is 0. The first-order chi connectivity index (χ1) is 10.9. The average Bonchev–Trinajstić information content (AvgIpc) is 2.53. The zero-order chi connectivity index (χ0) is 19.4. The molecule has 1 rings (SSSR count). The summed E-state index contributed by atoms with van der Waals surface area (Å²) in [5, 5.41) is 0. The molecule has 0 aliphatic carbocycles. The molecule has 4 nitrogen and oxygen atoms in total. The Kier molecular flexibility index (Phi) is 11.3. The van der Waals surface area contributed by atoms with Crippen LogP contribution in [-0.2, 0) is 25.5 Å². The quantitative estimate of drug-likeness (QED) is 0.565. The lowest BCUT2D eigenvalue weighted by Crippen LogP contribution is -2.23. The Bertz CT molecular complexity index is 456. The Morgan fingerprint density at radius 3 is 1.29 bits per heavy atom. The van der Waals surface area contributed by atoms with Gasteiger partial charge in [-0.1, -0.05) is 37.3 Å². The van der Waals surface area contributed by atoms with E-state index in [2.05, 4.69) is 40.7 Å². The third kappa shape index (κ3) is 12.3. The van der Waals surface area contributed by atoms with Crippen molar-refractivity contribution in [3.05, 3.63) is 35.9 Å². The number of aryl methyl sites for hydroxylation is 1. The summed E-state index contributed by atoms with van der Waals surface area (Å²) in [6.07, 6.45) is -8.57. The molecule has 0 atom stereocenters. The predicted octanol–water partition coefficient (Wildman–Crippen LogP) is 3.69. The molecule has 0 fully saturated rings. The minimum Gasteiger partial charge on any atom is -0.462 e. The van der Waals surface area contributed by atoms with Gasteiger partial charge in [-0.25, -0.2) is 9.59 Å². The van der Waals surface area contributed by atoms with Gasteiger partial charge in [0.15, 0.2) is 0 Å². The molecule has 0 aliphatic heterocycles. The molecule has 0 N–H and O–H groups in total. The Hall–Kier alpha value is -2.26. The van der Waals surface area contributed by atoms with Crippen LogP contribution >= 0.6 is 0 Å². The van der Waals surface area contributed by atoms with E-state index in [0.717, 1.165) is 6.42 Å². The largest absolute Gasteiger partial charge is 0.490 e. The van der Waals surface area contributed by atoms with Gasteiger partial charge in [0.25, 0.3) is 0 Å². The minimum atomic E-state index is -4.85. The molecule has 138 valence electrons. The monoisotopic (exact) mass is 362 g/mol. The van der Waals surface area contributed by atoms with Gasteiger partial charge in [-0.15, -0.1) is 0 Å². The van der Waals surface area contributed by atoms with Gasteiger partial charge in [0.1, 0.15) is 0 Å². The topological polar surface area (TPSA) is 52.6 Å². The summed E-state index contributed by atoms with van der Waals surface area (Å²) in [5.74, 6) is -4.34. The zero-order valence-corrected chi connectivity index (χ0v) is 13.0. The summed E-state index contributed by atoms with van der Waals surface area (Å²) < 4.78 is 72.6. The van der Waals surface area contributed by atoms with Gasteiger partial charge in [-0.2, -0.15) is 26.3 Å². The summed E-state index contributed by atoms with van der Waals surface area (Å²) in [4.78, 5) is 19.0. The number of methoxy groups -OCH3 is 2. The van der Waals surface area contributed by atoms with E-state index in [1.807, 2.05) is 6.07 Å². The number of rotatable bonds is 1. The molecule has 0 aromatic heterocycles. The van der Waals surface area contributed by atoms with E-state index in [1.54, 1.807) is 0 Å². The van der Waals surface area contributed by atoms with E-state index in [9.17, 15) is 35.9 Å². The second kappa shape index (κ2) is 11.3. The molecule has 10 heteroatoms. The summed E-state index contributed by atoms with van der Waals surface area (Å²) in [5.41, 5.74) is 1.41. The molecular weight excluding hydrogens is 346 g/mol. The van der Waals surface area contributed by atoms with Gasteiger partial charge < -0.3 is 9.47 Å². The number of alkyl halides is 6. The zero-order valence-electron chi connectivity index (χ0n) is 13.0. The van der Waals surface area contributed by atoms with Crippen LogP contribution in [0.25, 0.3) is 0 Å². The van der Waals surface area contributed by atoms with E-state index < -0.39 is 24.3 Å². The van der Waals surface area contributed by atoms with Crippen molar-refractivity contribution in [2.45, 2.75) is 25.7 Å². The number of esters is 2. The molecular formula is C14H16F6O4. The molecule has 0 radical (unpaired) electrons. The fourth-order valence-corrected chi connectivity index (χ4v) is 0.945. The Morgan fingerprint density at radius 1 is 0.833 bits per heavy atom. The van der Waals surface area contributed by atoms with Gasteiger partial charge >= 0.3 is 24.3 Å². The van der Waals surface area contributed by atoms with Crippen molar-refractivity contribution in [1.29, 1.82) is 0 Å². The minimum absolute atomic E-state index is 0.676. The third-order valence-corrected chi connectivity index (χ3v) is 2.08. The first-order valence-electron chi connectivity index (χ1n) is 6.24. The van der Waals surface area contributed by atoms with Crippen LogP contribution in [0, 0.1) is 0 Å². The molecule has 0 unspecified atom stereocenters. The third-order valence-electron chi connectivity index (χ3n) is 2.08. The first-order valence-corrected chi connectivity index (χ1v) is 6.24. The number of carbonyl (C=O) groups excluding carboxylic acids is 2. The molecule has 1 aromatic rings. The number of halogens is 6. The van der Waals surface area contributed by atoms with Gasteiger partial charge in [0.2, 0.25) is 0 Å². The van der Waals surface area contributed by atoms with Crippen LogP contribution in [-0.4, -0.2) is 38.5 Å². The van der Waals surface area contributed by atoms with Crippen molar-refractivity contribution in [2.24, 2.45) is 0 Å². The molecule has 0 saturated heterocycles. The van der Waals surface area contributed by atoms with Gasteiger partial charge in [0, 0.05) is 0 Å². The van der Waals surface area contributed by atoms with E-state index >= 15 is 0 Å². The van der Waals surface area contributed by atoms with E-state index in [4.69, 9.17) is 0 Å². The SMILES string of the molecule is CCc1ccccc1.COC(=O)C(F)(F)F.COC(=O)C(F)(F)F. The first kappa shape index (κ1) is 24.0. The molecule has 0 amide bonds. The molecule has 0 heterocycles. The number of carbonyl (C=O) groups is 2. The maximum atomic E-state index is 11.0. The van der Waals surface area contributed by atoms with E-state index in [-0.39, 0.29) is 0 Å². The van der Waals surface area contributed by atoms with Gasteiger partial charge in [-0.3, -0.25) is 0 Å². The van der Waals surface area contributed by atoms with Crippen molar-refractivity contribution in [1.82, 2.24) is 0 Å². The van der Waals surface area contributed by atoms with Crippen molar-refractivity contribution in [3.8, 4) is 0 Å². The summed E-state index contributed by atoms with van der Waals surface area (Å²) in [6.45, 7) is 2.16. The van der Waals surface area contributed by atoms with Crippen LogP contribution in [0.3, 0.4) is 0 Å². The lowest BCUT2D eigenvalue weighted by Gasteiger charge is -1.99. The Labute approximate surface area is 134 Å². The van der Waals surface area contributed by atoms with Gasteiger partial charge in [-0.05, 0) is 12.0 Å². The van der Waals surface area contributed by atoms with E-state index in [1.165, 1.54) is 5.56 Å². The van der Waals surface area contributed by atoms with Crippen molar-refractivity contribution in [2.75, 3.05) is 14.2 Å². The second-order valence-corrected chi connectivity index (χ2v) is 3.82. The van der Waals surface area contributed by atoms with Crippen LogP contribution in [0.4, 0.5) is 26.3 Å². The molecule has 0 spiro atoms. The lowest BCUT2D eigenvalue weighted by atomic mass is 10.2. The average molecular weight is 362 g/mol. The Balaban J connectivity index is 0. The number of benzene rings is 1. The predicted molar refractivity (Wildman–Crippen MR) is 72.0 cm³/mol. The van der Waals surface area contributed by atoms with Crippen molar-refractivity contribution >= 4 is 11.9 Å². The van der Waals surface area contributed by atoms with Crippen LogP contribution in [0.1, 0.15) is 12.5 Å². The highest BCUT2D eigenvalue weighted by Gasteiger charge is 2.40. The van der Waals surface area contributed by atoms with Crippen LogP contribution in [0.2, 0.25) is 0 Å². The lowest BCUT2D eigenvalue weighted by molar-refractivity contribution is -0.196. The van der Waals surface area contributed by atoms with E-state index in [0.29, 0.717) is 14.2 Å².